The summed E-state index contributed by atoms with van der Waals surface area (Å²) in [6.45, 7) is 3.60. The van der Waals surface area contributed by atoms with Crippen LogP contribution in [0.3, 0.4) is 0 Å². The molecular formula is C11H15FN2O4. The summed E-state index contributed by atoms with van der Waals surface area (Å²) in [6, 6.07) is 0. The van der Waals surface area contributed by atoms with Crippen LogP contribution in [0.4, 0.5) is 4.39 Å². The third-order valence-corrected chi connectivity index (χ3v) is 3.29. The van der Waals surface area contributed by atoms with E-state index in [0.717, 1.165) is 10.8 Å². The van der Waals surface area contributed by atoms with Crippen molar-refractivity contribution in [3.63, 3.8) is 0 Å². The lowest BCUT2D eigenvalue weighted by molar-refractivity contribution is -0.0431. The summed E-state index contributed by atoms with van der Waals surface area (Å²) in [7, 11) is 0. The second-order valence-corrected chi connectivity index (χ2v) is 5.10. The van der Waals surface area contributed by atoms with Crippen LogP contribution in [0.5, 0.6) is 0 Å². The number of hydrogen-bond acceptors (Lipinski definition) is 4. The highest BCUT2D eigenvalue weighted by atomic mass is 19.1. The third kappa shape index (κ3) is 2.11. The van der Waals surface area contributed by atoms with Crippen LogP contribution in [0.1, 0.15) is 26.5 Å². The summed E-state index contributed by atoms with van der Waals surface area (Å²) in [4.78, 5) is 24.4. The minimum atomic E-state index is -1.05. The lowest BCUT2D eigenvalue weighted by atomic mass is 9.85. The molecule has 1 aromatic rings. The number of H-pyrrole nitrogens is 1. The van der Waals surface area contributed by atoms with Gasteiger partial charge in [0.2, 0.25) is 5.82 Å². The molecule has 2 N–H and O–H groups in total. The topological polar surface area (TPSA) is 84.3 Å². The Bertz CT molecular complexity index is 563. The highest BCUT2D eigenvalue weighted by Crippen LogP contribution is 2.41. The zero-order valence-corrected chi connectivity index (χ0v) is 10.1. The molecule has 7 heteroatoms. The second-order valence-electron chi connectivity index (χ2n) is 5.10. The quantitative estimate of drug-likeness (QED) is 0.781. The summed E-state index contributed by atoms with van der Waals surface area (Å²) in [5.41, 5.74) is -2.10. The van der Waals surface area contributed by atoms with E-state index in [-0.39, 0.29) is 12.0 Å². The molecule has 0 aliphatic carbocycles. The van der Waals surface area contributed by atoms with Crippen molar-refractivity contribution in [3.8, 4) is 0 Å². The lowest BCUT2D eigenvalue weighted by Crippen LogP contribution is -2.34. The van der Waals surface area contributed by atoms with Crippen LogP contribution in [-0.2, 0) is 4.74 Å². The molecule has 1 aliphatic rings. The molecule has 1 aliphatic heterocycles. The zero-order valence-electron chi connectivity index (χ0n) is 10.1. The first-order valence-electron chi connectivity index (χ1n) is 5.62. The van der Waals surface area contributed by atoms with Crippen LogP contribution in [0.25, 0.3) is 0 Å². The van der Waals surface area contributed by atoms with E-state index in [4.69, 9.17) is 4.74 Å². The molecule has 18 heavy (non-hydrogen) atoms. The fraction of sp³-hybridized carbons (Fsp3) is 0.636. The highest BCUT2D eigenvalue weighted by Gasteiger charge is 2.42. The Morgan fingerprint density at radius 3 is 2.83 bits per heavy atom. The fourth-order valence-corrected chi connectivity index (χ4v) is 2.13. The SMILES string of the molecule is CC1(C)C[C@H](n2cc(F)c(=O)[nH]c2=O)O[C@@H]1CO. The van der Waals surface area contributed by atoms with Gasteiger partial charge >= 0.3 is 5.69 Å². The Labute approximate surface area is 102 Å². The van der Waals surface area contributed by atoms with E-state index >= 15 is 0 Å². The Morgan fingerprint density at radius 1 is 1.61 bits per heavy atom. The van der Waals surface area contributed by atoms with Crippen molar-refractivity contribution >= 4 is 0 Å². The molecule has 1 aromatic heterocycles. The largest absolute Gasteiger partial charge is 0.394 e. The van der Waals surface area contributed by atoms with Gasteiger partial charge in [-0.25, -0.2) is 4.79 Å². The second kappa shape index (κ2) is 4.33. The average molecular weight is 258 g/mol. The van der Waals surface area contributed by atoms with Gasteiger partial charge in [0.15, 0.2) is 0 Å². The molecule has 2 heterocycles. The van der Waals surface area contributed by atoms with Crippen LogP contribution in [-0.4, -0.2) is 27.4 Å². The number of aliphatic hydroxyl groups is 1. The van der Waals surface area contributed by atoms with Crippen molar-refractivity contribution < 1.29 is 14.2 Å². The first kappa shape index (κ1) is 13.0. The molecule has 0 radical (unpaired) electrons. The maximum atomic E-state index is 13.2. The van der Waals surface area contributed by atoms with Crippen molar-refractivity contribution in [3.05, 3.63) is 32.9 Å². The summed E-state index contributed by atoms with van der Waals surface area (Å²) in [5, 5.41) is 9.19. The molecule has 0 unspecified atom stereocenters. The number of aromatic nitrogens is 2. The van der Waals surface area contributed by atoms with Crippen LogP contribution in [0.2, 0.25) is 0 Å². The molecule has 6 nitrogen and oxygen atoms in total. The maximum absolute atomic E-state index is 13.2. The molecule has 100 valence electrons. The van der Waals surface area contributed by atoms with Gasteiger partial charge in [0.25, 0.3) is 5.56 Å². The number of rotatable bonds is 2. The fourth-order valence-electron chi connectivity index (χ4n) is 2.13. The Kier molecular flexibility index (Phi) is 3.12. The summed E-state index contributed by atoms with van der Waals surface area (Å²) in [5.74, 6) is -1.04. The number of aliphatic hydroxyl groups excluding tert-OH is 1. The van der Waals surface area contributed by atoms with Gasteiger partial charge in [0, 0.05) is 6.42 Å². The van der Waals surface area contributed by atoms with Crippen LogP contribution in [0, 0.1) is 11.2 Å². The summed E-state index contributed by atoms with van der Waals surface area (Å²) < 4.78 is 19.7. The van der Waals surface area contributed by atoms with Gasteiger partial charge in [-0.1, -0.05) is 13.8 Å². The molecule has 1 saturated heterocycles. The number of nitrogens with zero attached hydrogens (tertiary/aromatic N) is 1. The van der Waals surface area contributed by atoms with E-state index in [0.29, 0.717) is 6.42 Å². The first-order chi connectivity index (χ1) is 8.35. The first-order valence-corrected chi connectivity index (χ1v) is 5.62. The van der Waals surface area contributed by atoms with Gasteiger partial charge < -0.3 is 9.84 Å². The molecule has 0 aromatic carbocycles. The van der Waals surface area contributed by atoms with Crippen molar-refractivity contribution in [2.24, 2.45) is 5.41 Å². The number of nitrogens with one attached hydrogen (secondary N) is 1. The Hall–Kier alpha value is -1.47. The third-order valence-electron chi connectivity index (χ3n) is 3.29. The highest BCUT2D eigenvalue weighted by molar-refractivity contribution is 4.93. The van der Waals surface area contributed by atoms with Crippen molar-refractivity contribution in [2.45, 2.75) is 32.6 Å². The number of halogens is 1. The molecule has 2 rings (SSSR count). The number of ether oxygens (including phenoxy) is 1. The van der Waals surface area contributed by atoms with E-state index < -0.39 is 29.4 Å². The normalized spacial score (nSPS) is 26.4. The van der Waals surface area contributed by atoms with Crippen LogP contribution in [0.15, 0.2) is 15.8 Å². The van der Waals surface area contributed by atoms with Crippen LogP contribution < -0.4 is 11.2 Å². The van der Waals surface area contributed by atoms with Gasteiger partial charge in [-0.05, 0) is 5.41 Å². The smallest absolute Gasteiger partial charge is 0.330 e. The van der Waals surface area contributed by atoms with Crippen LogP contribution >= 0.6 is 0 Å². The molecule has 0 spiro atoms. The van der Waals surface area contributed by atoms with Crippen molar-refractivity contribution in [1.29, 1.82) is 0 Å². The molecule has 2 atom stereocenters. The standard InChI is InChI=1S/C11H15FN2O4/c1-11(2)3-8(18-7(11)5-15)14-4-6(12)9(16)13-10(14)17/h4,7-8,15H,3,5H2,1-2H3,(H,13,16,17)/t7-,8-/m1/s1. The van der Waals surface area contributed by atoms with Gasteiger partial charge in [-0.15, -0.1) is 0 Å². The molecule has 0 amide bonds. The zero-order chi connectivity index (χ0) is 13.5. The van der Waals surface area contributed by atoms with E-state index in [1.807, 2.05) is 18.8 Å². The van der Waals surface area contributed by atoms with Crippen molar-refractivity contribution in [1.82, 2.24) is 9.55 Å². The average Bonchev–Trinajstić information content (AvgIpc) is 2.58. The van der Waals surface area contributed by atoms with E-state index in [2.05, 4.69) is 0 Å². The van der Waals surface area contributed by atoms with Crippen molar-refractivity contribution in [2.75, 3.05) is 6.61 Å². The molecule has 0 saturated carbocycles. The molecule has 0 bridgehead atoms. The Morgan fingerprint density at radius 2 is 2.28 bits per heavy atom. The predicted octanol–water partition coefficient (Wildman–Crippen LogP) is -0.0183. The molecule has 1 fully saturated rings. The van der Waals surface area contributed by atoms with E-state index in [1.54, 1.807) is 0 Å². The van der Waals surface area contributed by atoms with Gasteiger partial charge in [0.05, 0.1) is 18.9 Å². The minimum Gasteiger partial charge on any atom is -0.394 e. The van der Waals surface area contributed by atoms with E-state index in [9.17, 15) is 19.1 Å². The Balaban J connectivity index is 2.38. The van der Waals surface area contributed by atoms with E-state index in [1.165, 1.54) is 0 Å². The minimum absolute atomic E-state index is 0.177. The monoisotopic (exact) mass is 258 g/mol. The molecular weight excluding hydrogens is 243 g/mol. The van der Waals surface area contributed by atoms with Gasteiger partial charge in [-0.3, -0.25) is 14.3 Å². The number of aromatic amines is 1. The maximum Gasteiger partial charge on any atom is 0.330 e. The number of hydrogen-bond donors (Lipinski definition) is 2. The summed E-state index contributed by atoms with van der Waals surface area (Å²) >= 11 is 0. The van der Waals surface area contributed by atoms with Gasteiger partial charge in [-0.2, -0.15) is 4.39 Å². The lowest BCUT2D eigenvalue weighted by Gasteiger charge is -2.22. The predicted molar refractivity (Wildman–Crippen MR) is 60.7 cm³/mol. The summed E-state index contributed by atoms with van der Waals surface area (Å²) in [6.07, 6.45) is 0.172. The van der Waals surface area contributed by atoms with Gasteiger partial charge in [0.1, 0.15) is 6.23 Å².